The summed E-state index contributed by atoms with van der Waals surface area (Å²) in [6, 6.07) is 18.6. The van der Waals surface area contributed by atoms with E-state index in [9.17, 15) is 0 Å². The van der Waals surface area contributed by atoms with Crippen LogP contribution < -0.4 is 31.9 Å². The SMILES string of the molecule is c1ncc2cc3c(cc2n1)P(C1CCCCC1)c1cc2ncncc2cc1Nc1cc2cncnc2cc1P(C1CCCCC1)c1cc2ncncc2cc1N3. The fourth-order valence-corrected chi connectivity index (χ4v) is 15.7. The quantitative estimate of drug-likeness (QED) is 0.165. The van der Waals surface area contributed by atoms with Gasteiger partial charge in [0.1, 0.15) is 25.3 Å². The van der Waals surface area contributed by atoms with Crippen molar-refractivity contribution >= 4 is 103 Å². The summed E-state index contributed by atoms with van der Waals surface area (Å²) in [6.45, 7) is 0. The van der Waals surface area contributed by atoms with E-state index in [0.717, 1.165) is 66.4 Å². The van der Waals surface area contributed by atoms with Gasteiger partial charge in [0.2, 0.25) is 0 Å². The van der Waals surface area contributed by atoms with Crippen LogP contribution in [-0.4, -0.2) is 51.2 Å². The molecule has 0 atom stereocenters. The number of hydrogen-bond donors (Lipinski definition) is 2. The second-order valence-corrected chi connectivity index (χ2v) is 20.2. The molecule has 4 aromatic carbocycles. The number of anilines is 4. The van der Waals surface area contributed by atoms with E-state index in [4.69, 9.17) is 19.9 Å². The molecule has 3 aliphatic rings. The smallest absolute Gasteiger partial charge is 0.116 e. The molecule has 2 saturated carbocycles. The lowest BCUT2D eigenvalue weighted by atomic mass is 10.0. The summed E-state index contributed by atoms with van der Waals surface area (Å²) in [5.41, 5.74) is 9.25. The average molecular weight is 771 g/mol. The molecule has 0 unspecified atom stereocenters. The third-order valence-corrected chi connectivity index (χ3v) is 18.0. The normalized spacial score (nSPS) is 19.2. The Bertz CT molecular complexity index is 2420. The van der Waals surface area contributed by atoms with Gasteiger partial charge in [-0.15, -0.1) is 0 Å². The Hall–Kier alpha value is -5.30. The molecule has 4 aromatic heterocycles. The summed E-state index contributed by atoms with van der Waals surface area (Å²) in [4.78, 5) is 37.2. The zero-order valence-electron chi connectivity index (χ0n) is 30.9. The highest BCUT2D eigenvalue weighted by atomic mass is 31.1. The molecule has 11 rings (SSSR count). The van der Waals surface area contributed by atoms with Gasteiger partial charge in [-0.25, -0.2) is 39.9 Å². The molecule has 0 amide bonds. The molecule has 56 heavy (non-hydrogen) atoms. The average Bonchev–Trinajstić information content (AvgIpc) is 3.25. The van der Waals surface area contributed by atoms with Crippen LogP contribution in [-0.2, 0) is 0 Å². The fraction of sp³-hybridized carbons (Fsp3) is 0.273. The lowest BCUT2D eigenvalue weighted by Gasteiger charge is -2.37. The van der Waals surface area contributed by atoms with Crippen LogP contribution in [0.1, 0.15) is 64.2 Å². The molecule has 0 bridgehead atoms. The highest BCUT2D eigenvalue weighted by Gasteiger charge is 2.35. The number of benzene rings is 4. The zero-order chi connectivity index (χ0) is 37.0. The number of rotatable bonds is 2. The topological polar surface area (TPSA) is 127 Å². The van der Waals surface area contributed by atoms with Crippen molar-refractivity contribution in [1.29, 1.82) is 0 Å². The third kappa shape index (κ3) is 6.11. The lowest BCUT2D eigenvalue weighted by Crippen LogP contribution is -2.30. The number of aromatic nitrogens is 8. The molecular weight excluding hydrogens is 731 g/mol. The van der Waals surface area contributed by atoms with Gasteiger partial charge in [-0.05, 0) is 101 Å². The van der Waals surface area contributed by atoms with Gasteiger partial charge >= 0.3 is 0 Å². The van der Waals surface area contributed by atoms with Crippen LogP contribution in [0.25, 0.3) is 43.6 Å². The van der Waals surface area contributed by atoms with Gasteiger partial charge in [-0.2, -0.15) is 0 Å². The standard InChI is InChI=1S/C44H40N10P2/c1-3-7-31(8-4-1)55-41-15-33-27(19-45-23-49-33)11-37(41)53-39-13-29-21-47-25-51-35(29)17-43(39)56(32-9-5-2-6-10-32)44-18-36-30(22-48-26-52-36)14-40(44)54-38-12-28-20-46-24-50-34(28)16-42(38)55/h11-26,31-32,53-54H,1-10H2. The molecule has 1 aliphatic heterocycles. The summed E-state index contributed by atoms with van der Waals surface area (Å²) in [6.07, 6.45) is 26.6. The Morgan fingerprint density at radius 1 is 0.375 bits per heavy atom. The highest BCUT2D eigenvalue weighted by molar-refractivity contribution is 7.75. The third-order valence-electron chi connectivity index (χ3n) is 11.9. The predicted molar refractivity (Wildman–Crippen MR) is 231 cm³/mol. The maximum absolute atomic E-state index is 4.83. The molecule has 276 valence electrons. The first-order valence-electron chi connectivity index (χ1n) is 19.8. The van der Waals surface area contributed by atoms with Crippen LogP contribution in [0, 0.1) is 0 Å². The van der Waals surface area contributed by atoms with Crippen molar-refractivity contribution in [3.8, 4) is 0 Å². The van der Waals surface area contributed by atoms with Crippen LogP contribution in [0.15, 0.2) is 98.6 Å². The van der Waals surface area contributed by atoms with E-state index in [1.54, 1.807) is 25.3 Å². The van der Waals surface area contributed by atoms with Gasteiger partial charge in [-0.3, -0.25) is 0 Å². The van der Waals surface area contributed by atoms with Gasteiger partial charge in [0.15, 0.2) is 0 Å². The van der Waals surface area contributed by atoms with Crippen molar-refractivity contribution in [1.82, 2.24) is 39.9 Å². The molecule has 10 nitrogen and oxygen atoms in total. The van der Waals surface area contributed by atoms with Gasteiger partial charge in [0.05, 0.1) is 22.1 Å². The van der Waals surface area contributed by atoms with Crippen LogP contribution in [0.4, 0.5) is 22.7 Å². The summed E-state index contributed by atoms with van der Waals surface area (Å²) in [5, 5.41) is 17.6. The molecule has 12 heteroatoms. The van der Waals surface area contributed by atoms with E-state index in [-0.39, 0.29) is 0 Å². The van der Waals surface area contributed by atoms with E-state index >= 15 is 0 Å². The second kappa shape index (κ2) is 14.3. The van der Waals surface area contributed by atoms with E-state index in [0.29, 0.717) is 11.3 Å². The Labute approximate surface area is 327 Å². The first-order valence-corrected chi connectivity index (χ1v) is 22.6. The second-order valence-electron chi connectivity index (χ2n) is 15.4. The van der Waals surface area contributed by atoms with Crippen molar-refractivity contribution in [2.24, 2.45) is 0 Å². The van der Waals surface area contributed by atoms with E-state index < -0.39 is 15.8 Å². The first kappa shape index (κ1) is 34.0. The molecular formula is C44H40N10P2. The fourth-order valence-electron chi connectivity index (χ4n) is 9.29. The summed E-state index contributed by atoms with van der Waals surface area (Å²) in [7, 11) is -1.84. The van der Waals surface area contributed by atoms with Crippen molar-refractivity contribution in [3.05, 3.63) is 98.6 Å². The van der Waals surface area contributed by atoms with E-state index in [1.807, 2.05) is 24.8 Å². The Morgan fingerprint density at radius 3 is 0.946 bits per heavy atom. The maximum atomic E-state index is 4.83. The van der Waals surface area contributed by atoms with Crippen LogP contribution in [0.5, 0.6) is 0 Å². The summed E-state index contributed by atoms with van der Waals surface area (Å²) < 4.78 is 0. The number of nitrogens with one attached hydrogen (secondary N) is 2. The molecule has 0 saturated heterocycles. The Morgan fingerprint density at radius 2 is 0.661 bits per heavy atom. The zero-order valence-corrected chi connectivity index (χ0v) is 32.7. The molecule has 8 aromatic rings. The highest BCUT2D eigenvalue weighted by Crippen LogP contribution is 2.54. The monoisotopic (exact) mass is 770 g/mol. The predicted octanol–water partition coefficient (Wildman–Crippen LogP) is 8.79. The van der Waals surface area contributed by atoms with Crippen molar-refractivity contribution < 1.29 is 0 Å². The first-order chi connectivity index (χ1) is 27.7. The molecule has 2 fully saturated rings. The van der Waals surface area contributed by atoms with Crippen molar-refractivity contribution in [3.63, 3.8) is 0 Å². The van der Waals surface area contributed by atoms with E-state index in [1.165, 1.54) is 85.4 Å². The summed E-state index contributed by atoms with van der Waals surface area (Å²) in [5.74, 6) is 0. The van der Waals surface area contributed by atoms with Gasteiger partial charge in [0.25, 0.3) is 0 Å². The number of hydrogen-bond acceptors (Lipinski definition) is 10. The largest absolute Gasteiger partial charge is 0.354 e. The van der Waals surface area contributed by atoms with Crippen LogP contribution in [0.2, 0.25) is 0 Å². The van der Waals surface area contributed by atoms with Gasteiger partial charge < -0.3 is 10.6 Å². The molecule has 2 aliphatic carbocycles. The number of nitrogens with zero attached hydrogens (tertiary/aromatic N) is 8. The van der Waals surface area contributed by atoms with Crippen molar-refractivity contribution in [2.75, 3.05) is 10.6 Å². The van der Waals surface area contributed by atoms with Crippen molar-refractivity contribution in [2.45, 2.75) is 75.5 Å². The molecule has 0 spiro atoms. The molecule has 0 radical (unpaired) electrons. The minimum Gasteiger partial charge on any atom is -0.354 e. The minimum atomic E-state index is -0.922. The van der Waals surface area contributed by atoms with Gasteiger partial charge in [0, 0.05) is 90.3 Å². The van der Waals surface area contributed by atoms with Gasteiger partial charge in [-0.1, -0.05) is 38.5 Å². The van der Waals surface area contributed by atoms with Crippen LogP contribution in [0.3, 0.4) is 0 Å². The summed E-state index contributed by atoms with van der Waals surface area (Å²) >= 11 is 0. The van der Waals surface area contributed by atoms with Crippen LogP contribution >= 0.6 is 15.8 Å². The Kier molecular flexibility index (Phi) is 8.70. The maximum Gasteiger partial charge on any atom is 0.116 e. The molecule has 5 heterocycles. The lowest BCUT2D eigenvalue weighted by molar-refractivity contribution is 0.513. The van der Waals surface area contributed by atoms with E-state index in [2.05, 4.69) is 79.1 Å². The Balaban J connectivity index is 1.27. The number of fused-ring (bicyclic) bond motifs is 8. The molecule has 2 N–H and O–H groups in total. The minimum absolute atomic E-state index is 0.481.